The summed E-state index contributed by atoms with van der Waals surface area (Å²) in [5.74, 6) is 0. The first-order valence-corrected chi connectivity index (χ1v) is 22.1. The van der Waals surface area contributed by atoms with Crippen molar-refractivity contribution in [3.63, 3.8) is 0 Å². The Kier molecular flexibility index (Phi) is 7.23. The summed E-state index contributed by atoms with van der Waals surface area (Å²) in [6.45, 7) is 9.54. The topological polar surface area (TPSA) is 0 Å². The van der Waals surface area contributed by atoms with Crippen LogP contribution in [0.5, 0.6) is 0 Å². The van der Waals surface area contributed by atoms with Gasteiger partial charge in [-0.2, -0.15) is 0 Å². The van der Waals surface area contributed by atoms with Crippen molar-refractivity contribution < 1.29 is 0 Å². The highest BCUT2D eigenvalue weighted by Gasteiger charge is 2.38. The first kappa shape index (κ1) is 35.5. The Hall–Kier alpha value is -7.28. The van der Waals surface area contributed by atoms with Crippen LogP contribution in [0.15, 0.2) is 194 Å². The monoisotopic (exact) mass is 788 g/mol. The van der Waals surface area contributed by atoms with Crippen molar-refractivity contribution in [3.8, 4) is 89.0 Å². The summed E-state index contributed by atoms with van der Waals surface area (Å²) in [6, 6.07) is 73.4. The van der Waals surface area contributed by atoms with Crippen molar-refractivity contribution in [1.29, 1.82) is 0 Å². The molecule has 3 aliphatic carbocycles. The van der Waals surface area contributed by atoms with Crippen LogP contribution in [0.2, 0.25) is 0 Å². The molecule has 13 rings (SSSR count). The Morgan fingerprint density at radius 3 is 1.19 bits per heavy atom. The third-order valence-corrected chi connectivity index (χ3v) is 14.8. The third-order valence-electron chi connectivity index (χ3n) is 14.8. The summed E-state index contributed by atoms with van der Waals surface area (Å²) in [4.78, 5) is 0. The Morgan fingerprint density at radius 1 is 0.258 bits per heavy atom. The highest BCUT2D eigenvalue weighted by atomic mass is 14.4. The van der Waals surface area contributed by atoms with E-state index in [1.807, 2.05) is 0 Å². The van der Waals surface area contributed by atoms with Crippen LogP contribution in [0.3, 0.4) is 0 Å². The molecule has 0 nitrogen and oxygen atoms in total. The maximum Gasteiger partial charge on any atom is 0.0159 e. The molecule has 0 aromatic heterocycles. The van der Waals surface area contributed by atoms with Gasteiger partial charge in [0.05, 0.1) is 0 Å². The normalized spacial score (nSPS) is 14.4. The van der Waals surface area contributed by atoms with E-state index in [1.165, 1.54) is 133 Å². The fraction of sp³-hybridized carbons (Fsp3) is 0.0968. The van der Waals surface area contributed by atoms with Crippen molar-refractivity contribution in [2.45, 2.75) is 38.5 Å². The van der Waals surface area contributed by atoms with E-state index in [1.54, 1.807) is 0 Å². The molecule has 0 atom stereocenters. The molecule has 0 radical (unpaired) electrons. The average molecular weight is 789 g/mol. The van der Waals surface area contributed by atoms with Gasteiger partial charge in [0, 0.05) is 10.8 Å². The average Bonchev–Trinajstić information content (AvgIpc) is 3.85. The maximum absolute atomic E-state index is 2.46. The van der Waals surface area contributed by atoms with Gasteiger partial charge >= 0.3 is 0 Å². The summed E-state index contributed by atoms with van der Waals surface area (Å²) in [5.41, 5.74) is 26.4. The Bertz CT molecular complexity index is 3540. The SMILES string of the molecule is CC1(C)c2ccccc2-c2ccc(-c3ccc4c(c3)C(C)(C)c3cc(-c5ccc(-c6c7c(c(-c8ccccc8)c8ccccc68)-c6cccc8cccc-7c68)cc5)ccc3-4)cc21. The van der Waals surface area contributed by atoms with E-state index in [0.717, 1.165) is 0 Å². The van der Waals surface area contributed by atoms with Crippen LogP contribution < -0.4 is 0 Å². The molecule has 0 amide bonds. The Morgan fingerprint density at radius 2 is 0.645 bits per heavy atom. The van der Waals surface area contributed by atoms with Crippen LogP contribution in [-0.4, -0.2) is 0 Å². The quantitative estimate of drug-likeness (QED) is 0.167. The molecule has 292 valence electrons. The smallest absolute Gasteiger partial charge is 0.0159 e. The molecule has 0 fully saturated rings. The summed E-state index contributed by atoms with van der Waals surface area (Å²) < 4.78 is 0. The molecule has 0 N–H and O–H groups in total. The zero-order chi connectivity index (χ0) is 41.5. The van der Waals surface area contributed by atoms with Gasteiger partial charge in [-0.3, -0.25) is 0 Å². The van der Waals surface area contributed by atoms with E-state index in [-0.39, 0.29) is 10.8 Å². The van der Waals surface area contributed by atoms with Gasteiger partial charge < -0.3 is 0 Å². The number of fused-ring (bicyclic) bond motifs is 10. The van der Waals surface area contributed by atoms with E-state index in [9.17, 15) is 0 Å². The van der Waals surface area contributed by atoms with Crippen molar-refractivity contribution in [1.82, 2.24) is 0 Å². The molecule has 10 aromatic carbocycles. The first-order valence-electron chi connectivity index (χ1n) is 22.1. The summed E-state index contributed by atoms with van der Waals surface area (Å²) in [7, 11) is 0. The zero-order valence-corrected chi connectivity index (χ0v) is 35.5. The van der Waals surface area contributed by atoms with E-state index < -0.39 is 0 Å². The highest BCUT2D eigenvalue weighted by Crippen LogP contribution is 2.58. The second-order valence-corrected chi connectivity index (χ2v) is 18.8. The van der Waals surface area contributed by atoms with Crippen molar-refractivity contribution >= 4 is 21.5 Å². The number of rotatable bonds is 4. The van der Waals surface area contributed by atoms with Gasteiger partial charge in [-0.05, 0) is 151 Å². The van der Waals surface area contributed by atoms with E-state index in [4.69, 9.17) is 0 Å². The van der Waals surface area contributed by atoms with Crippen molar-refractivity contribution in [2.24, 2.45) is 0 Å². The van der Waals surface area contributed by atoms with Crippen LogP contribution in [-0.2, 0) is 10.8 Å². The maximum atomic E-state index is 2.46. The molecule has 0 unspecified atom stereocenters. The van der Waals surface area contributed by atoms with Gasteiger partial charge in [-0.25, -0.2) is 0 Å². The van der Waals surface area contributed by atoms with Gasteiger partial charge in [0.1, 0.15) is 0 Å². The van der Waals surface area contributed by atoms with E-state index >= 15 is 0 Å². The number of hydrogen-bond donors (Lipinski definition) is 0. The zero-order valence-electron chi connectivity index (χ0n) is 35.5. The standard InChI is InChI=1S/C62H44/c1-61(2)52-23-11-10-18-44(52)45-32-29-42(35-53(45)61)43-30-33-47-46-31-28-41(34-54(46)62(3,4)55(47)36-43)37-24-26-40(27-25-37)58-49-20-9-8-19-48(49)57(39-14-6-5-7-15-39)59-50-21-12-16-38-17-13-22-51(56(38)50)60(58)59/h5-36H,1-4H3. The molecule has 62 heavy (non-hydrogen) atoms. The van der Waals surface area contributed by atoms with Crippen LogP contribution in [0.25, 0.3) is 111 Å². The fourth-order valence-electron chi connectivity index (χ4n) is 11.7. The van der Waals surface area contributed by atoms with Crippen LogP contribution in [0, 0.1) is 0 Å². The first-order chi connectivity index (χ1) is 30.3. The molecule has 0 aliphatic heterocycles. The second kappa shape index (κ2) is 12.6. The van der Waals surface area contributed by atoms with Gasteiger partial charge in [-0.1, -0.05) is 204 Å². The molecule has 0 heteroatoms. The lowest BCUT2D eigenvalue weighted by Gasteiger charge is -2.23. The highest BCUT2D eigenvalue weighted by molar-refractivity contribution is 6.27. The molecule has 0 heterocycles. The predicted molar refractivity (Wildman–Crippen MR) is 263 cm³/mol. The minimum atomic E-state index is -0.140. The summed E-state index contributed by atoms with van der Waals surface area (Å²) in [5, 5.41) is 5.21. The van der Waals surface area contributed by atoms with Gasteiger partial charge in [0.15, 0.2) is 0 Å². The van der Waals surface area contributed by atoms with Crippen LogP contribution in [0.1, 0.15) is 49.9 Å². The molecular formula is C62H44. The summed E-state index contributed by atoms with van der Waals surface area (Å²) in [6.07, 6.45) is 0. The largest absolute Gasteiger partial charge is 0.0622 e. The molecular weight excluding hydrogens is 745 g/mol. The van der Waals surface area contributed by atoms with Crippen LogP contribution >= 0.6 is 0 Å². The minimum Gasteiger partial charge on any atom is -0.0622 e. The molecule has 0 bridgehead atoms. The lowest BCUT2D eigenvalue weighted by atomic mass is 9.80. The van der Waals surface area contributed by atoms with Gasteiger partial charge in [-0.15, -0.1) is 0 Å². The van der Waals surface area contributed by atoms with Gasteiger partial charge in [0.25, 0.3) is 0 Å². The fourth-order valence-corrected chi connectivity index (χ4v) is 11.7. The van der Waals surface area contributed by atoms with Crippen LogP contribution in [0.4, 0.5) is 0 Å². The van der Waals surface area contributed by atoms with Crippen molar-refractivity contribution in [2.75, 3.05) is 0 Å². The second-order valence-electron chi connectivity index (χ2n) is 18.8. The Balaban J connectivity index is 0.896. The Labute approximate surface area is 363 Å². The number of benzene rings is 10. The molecule has 0 saturated heterocycles. The number of hydrogen-bond acceptors (Lipinski definition) is 0. The van der Waals surface area contributed by atoms with E-state index in [0.29, 0.717) is 0 Å². The third kappa shape index (κ3) is 4.78. The minimum absolute atomic E-state index is 0.0237. The van der Waals surface area contributed by atoms with E-state index in [2.05, 4.69) is 222 Å². The lowest BCUT2D eigenvalue weighted by Crippen LogP contribution is -2.15. The molecule has 0 saturated carbocycles. The van der Waals surface area contributed by atoms with Crippen molar-refractivity contribution in [3.05, 3.63) is 216 Å². The lowest BCUT2D eigenvalue weighted by molar-refractivity contribution is 0.659. The van der Waals surface area contributed by atoms with Gasteiger partial charge in [0.2, 0.25) is 0 Å². The molecule has 10 aromatic rings. The molecule has 3 aliphatic rings. The molecule has 0 spiro atoms. The predicted octanol–water partition coefficient (Wildman–Crippen LogP) is 16.9. The summed E-state index contributed by atoms with van der Waals surface area (Å²) >= 11 is 0.